The van der Waals surface area contributed by atoms with E-state index in [1.165, 1.54) is 6.42 Å². The Hall–Kier alpha value is -0.0800. The summed E-state index contributed by atoms with van der Waals surface area (Å²) in [5.74, 6) is 0.675. The minimum absolute atomic E-state index is 0.0578. The average Bonchev–Trinajstić information content (AvgIpc) is 2.11. The summed E-state index contributed by atoms with van der Waals surface area (Å²) in [5.41, 5.74) is 0.0578. The molecule has 0 aliphatic heterocycles. The molecule has 0 amide bonds. The van der Waals surface area contributed by atoms with Gasteiger partial charge in [0.05, 0.1) is 6.10 Å². The van der Waals surface area contributed by atoms with Gasteiger partial charge in [-0.05, 0) is 18.8 Å². The van der Waals surface area contributed by atoms with E-state index in [4.69, 9.17) is 0 Å². The molecule has 2 heteroatoms. The molecule has 0 bridgehead atoms. The molecule has 2 nitrogen and oxygen atoms in total. The van der Waals surface area contributed by atoms with Gasteiger partial charge in [-0.25, -0.2) is 0 Å². The topological polar surface area (TPSA) is 32.3 Å². The average molecular weight is 199 g/mol. The fourth-order valence-corrected chi connectivity index (χ4v) is 2.23. The van der Waals surface area contributed by atoms with Crippen molar-refractivity contribution in [2.24, 2.45) is 11.3 Å². The molecule has 0 spiro atoms. The lowest BCUT2D eigenvalue weighted by Crippen LogP contribution is -2.62. The van der Waals surface area contributed by atoms with Crippen LogP contribution in [0, 0.1) is 11.3 Å². The smallest absolute Gasteiger partial charge is 0.0621 e. The standard InChI is InChI=1S/C12H25NO/c1-6-9(8(2)3)13-10-7-11(14)12(10,4)5/h8-11,13-14H,6-7H2,1-5H3. The Morgan fingerprint density at radius 1 is 1.43 bits per heavy atom. The first-order valence-corrected chi connectivity index (χ1v) is 5.83. The molecule has 2 N–H and O–H groups in total. The predicted octanol–water partition coefficient (Wildman–Crippen LogP) is 2.17. The Labute approximate surface area is 88.1 Å². The van der Waals surface area contributed by atoms with Crippen LogP contribution in [0.3, 0.4) is 0 Å². The highest BCUT2D eigenvalue weighted by Gasteiger charge is 2.47. The van der Waals surface area contributed by atoms with Crippen LogP contribution in [0.5, 0.6) is 0 Å². The fraction of sp³-hybridized carbons (Fsp3) is 1.00. The van der Waals surface area contributed by atoms with Crippen molar-refractivity contribution in [3.05, 3.63) is 0 Å². The highest BCUT2D eigenvalue weighted by atomic mass is 16.3. The summed E-state index contributed by atoms with van der Waals surface area (Å²) in [6.07, 6.45) is 1.96. The second-order valence-corrected chi connectivity index (χ2v) is 5.55. The van der Waals surface area contributed by atoms with Crippen LogP contribution in [0.4, 0.5) is 0 Å². The maximum atomic E-state index is 9.63. The van der Waals surface area contributed by atoms with Crippen LogP contribution in [-0.4, -0.2) is 23.3 Å². The zero-order chi connectivity index (χ0) is 10.9. The lowest BCUT2D eigenvalue weighted by molar-refractivity contribution is -0.0775. The zero-order valence-electron chi connectivity index (χ0n) is 10.2. The molecule has 1 aliphatic rings. The van der Waals surface area contributed by atoms with Crippen molar-refractivity contribution in [3.8, 4) is 0 Å². The lowest BCUT2D eigenvalue weighted by Gasteiger charge is -2.51. The molecular weight excluding hydrogens is 174 g/mol. The molecule has 1 saturated carbocycles. The van der Waals surface area contributed by atoms with Gasteiger partial charge in [-0.2, -0.15) is 0 Å². The molecular formula is C12H25NO. The summed E-state index contributed by atoms with van der Waals surface area (Å²) < 4.78 is 0. The Morgan fingerprint density at radius 2 is 2.00 bits per heavy atom. The number of rotatable bonds is 4. The molecule has 14 heavy (non-hydrogen) atoms. The summed E-state index contributed by atoms with van der Waals surface area (Å²) in [6.45, 7) is 11.0. The minimum atomic E-state index is -0.121. The highest BCUT2D eigenvalue weighted by molar-refractivity contribution is 5.02. The van der Waals surface area contributed by atoms with E-state index in [0.717, 1.165) is 6.42 Å². The van der Waals surface area contributed by atoms with Gasteiger partial charge in [0.2, 0.25) is 0 Å². The van der Waals surface area contributed by atoms with E-state index in [-0.39, 0.29) is 11.5 Å². The molecule has 1 fully saturated rings. The predicted molar refractivity (Wildman–Crippen MR) is 60.2 cm³/mol. The van der Waals surface area contributed by atoms with Crippen molar-refractivity contribution < 1.29 is 5.11 Å². The molecule has 0 aromatic heterocycles. The van der Waals surface area contributed by atoms with Crippen LogP contribution in [-0.2, 0) is 0 Å². The van der Waals surface area contributed by atoms with Crippen molar-refractivity contribution in [3.63, 3.8) is 0 Å². The number of hydrogen-bond acceptors (Lipinski definition) is 2. The van der Waals surface area contributed by atoms with Gasteiger partial charge in [-0.3, -0.25) is 0 Å². The van der Waals surface area contributed by atoms with Crippen molar-refractivity contribution in [2.45, 2.75) is 65.6 Å². The van der Waals surface area contributed by atoms with Crippen molar-refractivity contribution in [2.75, 3.05) is 0 Å². The normalized spacial score (nSPS) is 32.8. The maximum absolute atomic E-state index is 9.63. The van der Waals surface area contributed by atoms with Gasteiger partial charge < -0.3 is 10.4 Å². The molecule has 1 aliphatic carbocycles. The first-order valence-electron chi connectivity index (χ1n) is 5.83. The summed E-state index contributed by atoms with van der Waals surface area (Å²) in [6, 6.07) is 1.08. The van der Waals surface area contributed by atoms with Crippen LogP contribution in [0.2, 0.25) is 0 Å². The largest absolute Gasteiger partial charge is 0.392 e. The number of nitrogens with one attached hydrogen (secondary N) is 1. The van der Waals surface area contributed by atoms with E-state index in [1.807, 2.05) is 0 Å². The third-order valence-electron chi connectivity index (χ3n) is 3.88. The van der Waals surface area contributed by atoms with Gasteiger partial charge in [0.25, 0.3) is 0 Å². The maximum Gasteiger partial charge on any atom is 0.0621 e. The lowest BCUT2D eigenvalue weighted by atomic mass is 9.64. The van der Waals surface area contributed by atoms with E-state index in [2.05, 4.69) is 39.9 Å². The fourth-order valence-electron chi connectivity index (χ4n) is 2.23. The molecule has 0 saturated heterocycles. The first-order chi connectivity index (χ1) is 6.39. The Bertz CT molecular complexity index is 189. The van der Waals surface area contributed by atoms with E-state index in [0.29, 0.717) is 18.0 Å². The Balaban J connectivity index is 2.45. The van der Waals surface area contributed by atoms with Crippen LogP contribution in [0.25, 0.3) is 0 Å². The molecule has 3 atom stereocenters. The van der Waals surface area contributed by atoms with Crippen molar-refractivity contribution in [1.29, 1.82) is 0 Å². The SMILES string of the molecule is CCC(NC1CC(O)C1(C)C)C(C)C. The highest BCUT2D eigenvalue weighted by Crippen LogP contribution is 2.40. The number of aliphatic hydroxyl groups excluding tert-OH is 1. The second-order valence-electron chi connectivity index (χ2n) is 5.55. The van der Waals surface area contributed by atoms with Gasteiger partial charge in [0, 0.05) is 17.5 Å². The van der Waals surface area contributed by atoms with E-state index >= 15 is 0 Å². The van der Waals surface area contributed by atoms with E-state index in [9.17, 15) is 5.11 Å². The summed E-state index contributed by atoms with van der Waals surface area (Å²) in [5, 5.41) is 13.3. The zero-order valence-corrected chi connectivity index (χ0v) is 10.2. The van der Waals surface area contributed by atoms with Gasteiger partial charge in [0.1, 0.15) is 0 Å². The van der Waals surface area contributed by atoms with E-state index in [1.54, 1.807) is 0 Å². The van der Waals surface area contributed by atoms with E-state index < -0.39 is 0 Å². The summed E-state index contributed by atoms with van der Waals surface area (Å²) >= 11 is 0. The van der Waals surface area contributed by atoms with Crippen LogP contribution in [0.15, 0.2) is 0 Å². The molecule has 0 radical (unpaired) electrons. The van der Waals surface area contributed by atoms with Gasteiger partial charge in [-0.15, -0.1) is 0 Å². The monoisotopic (exact) mass is 199 g/mol. The van der Waals surface area contributed by atoms with Crippen LogP contribution in [0.1, 0.15) is 47.5 Å². The second kappa shape index (κ2) is 4.19. The van der Waals surface area contributed by atoms with Gasteiger partial charge >= 0.3 is 0 Å². The first kappa shape index (κ1) is 12.0. The van der Waals surface area contributed by atoms with Gasteiger partial charge in [0.15, 0.2) is 0 Å². The molecule has 3 unspecified atom stereocenters. The Kier molecular flexibility index (Phi) is 3.59. The van der Waals surface area contributed by atoms with Crippen molar-refractivity contribution >= 4 is 0 Å². The third-order valence-corrected chi connectivity index (χ3v) is 3.88. The molecule has 1 rings (SSSR count). The quantitative estimate of drug-likeness (QED) is 0.727. The van der Waals surface area contributed by atoms with Crippen molar-refractivity contribution in [1.82, 2.24) is 5.32 Å². The minimum Gasteiger partial charge on any atom is -0.392 e. The number of hydrogen-bond donors (Lipinski definition) is 2. The molecule has 0 aromatic carbocycles. The molecule has 0 aromatic rings. The summed E-state index contributed by atoms with van der Waals surface area (Å²) in [4.78, 5) is 0. The molecule has 0 heterocycles. The Morgan fingerprint density at radius 3 is 2.29 bits per heavy atom. The third kappa shape index (κ3) is 2.12. The van der Waals surface area contributed by atoms with Gasteiger partial charge in [-0.1, -0.05) is 34.6 Å². The molecule has 84 valence electrons. The number of aliphatic hydroxyl groups is 1. The summed E-state index contributed by atoms with van der Waals surface area (Å²) in [7, 11) is 0. The van der Waals surface area contributed by atoms with Crippen LogP contribution < -0.4 is 5.32 Å². The van der Waals surface area contributed by atoms with Crippen LogP contribution >= 0.6 is 0 Å².